The number of rotatable bonds is 7. The van der Waals surface area contributed by atoms with Gasteiger partial charge in [-0.3, -0.25) is 0 Å². The zero-order valence-electron chi connectivity index (χ0n) is 14.2. The van der Waals surface area contributed by atoms with Crippen molar-refractivity contribution in [2.75, 3.05) is 19.0 Å². The van der Waals surface area contributed by atoms with Crippen LogP contribution < -0.4 is 14.8 Å². The van der Waals surface area contributed by atoms with E-state index in [1.165, 1.54) is 11.1 Å². The third kappa shape index (κ3) is 4.55. The molecule has 0 bridgehead atoms. The number of hydrogen-bond acceptors (Lipinski definition) is 3. The Morgan fingerprint density at radius 1 is 1.13 bits per heavy atom. The Labute approximate surface area is 143 Å². The largest absolute Gasteiger partial charge is 0.493 e. The SMILES string of the molecule is CCCOc1c(Cl)cc(CNc2ccc(C)cc2C)cc1OC. The van der Waals surface area contributed by atoms with Crippen LogP contribution in [0.3, 0.4) is 0 Å². The minimum atomic E-state index is 0.579. The lowest BCUT2D eigenvalue weighted by Crippen LogP contribution is -2.03. The molecule has 23 heavy (non-hydrogen) atoms. The fraction of sp³-hybridized carbons (Fsp3) is 0.368. The first kappa shape index (κ1) is 17.5. The Balaban J connectivity index is 2.15. The molecule has 0 aliphatic rings. The predicted octanol–water partition coefficient (Wildman–Crippen LogP) is 5.37. The molecule has 0 spiro atoms. The predicted molar refractivity (Wildman–Crippen MR) is 97.0 cm³/mol. The first-order valence-electron chi connectivity index (χ1n) is 7.85. The summed E-state index contributed by atoms with van der Waals surface area (Å²) in [6.45, 7) is 7.55. The van der Waals surface area contributed by atoms with Crippen molar-refractivity contribution < 1.29 is 9.47 Å². The number of anilines is 1. The number of benzene rings is 2. The summed E-state index contributed by atoms with van der Waals surface area (Å²) in [5.41, 5.74) is 4.66. The van der Waals surface area contributed by atoms with Gasteiger partial charge in [0, 0.05) is 12.2 Å². The molecule has 0 heterocycles. The molecule has 0 amide bonds. The van der Waals surface area contributed by atoms with Gasteiger partial charge in [-0.2, -0.15) is 0 Å². The summed E-state index contributed by atoms with van der Waals surface area (Å²) in [5, 5.41) is 4.02. The van der Waals surface area contributed by atoms with Crippen molar-refractivity contribution in [3.8, 4) is 11.5 Å². The molecular formula is C19H24ClNO2. The van der Waals surface area contributed by atoms with Crippen molar-refractivity contribution in [1.29, 1.82) is 0 Å². The number of nitrogens with one attached hydrogen (secondary N) is 1. The summed E-state index contributed by atoms with van der Waals surface area (Å²) in [6.07, 6.45) is 0.926. The van der Waals surface area contributed by atoms with Crippen LogP contribution in [0.25, 0.3) is 0 Å². The van der Waals surface area contributed by atoms with E-state index in [9.17, 15) is 0 Å². The summed E-state index contributed by atoms with van der Waals surface area (Å²) in [5.74, 6) is 1.29. The van der Waals surface area contributed by atoms with Gasteiger partial charge in [0.15, 0.2) is 11.5 Å². The summed E-state index contributed by atoms with van der Waals surface area (Å²) in [7, 11) is 1.63. The van der Waals surface area contributed by atoms with Crippen LogP contribution in [-0.4, -0.2) is 13.7 Å². The Bertz CT molecular complexity index is 671. The van der Waals surface area contributed by atoms with Crippen molar-refractivity contribution in [3.63, 3.8) is 0 Å². The molecule has 0 aliphatic heterocycles. The lowest BCUT2D eigenvalue weighted by molar-refractivity contribution is 0.294. The van der Waals surface area contributed by atoms with E-state index in [-0.39, 0.29) is 0 Å². The number of hydrogen-bond donors (Lipinski definition) is 1. The van der Waals surface area contributed by atoms with Gasteiger partial charge in [-0.05, 0) is 49.6 Å². The van der Waals surface area contributed by atoms with E-state index in [0.29, 0.717) is 29.7 Å². The molecule has 4 heteroatoms. The third-order valence-electron chi connectivity index (χ3n) is 3.60. The molecule has 1 N–H and O–H groups in total. The molecule has 0 saturated heterocycles. The molecule has 0 aromatic heterocycles. The molecule has 2 aromatic rings. The molecule has 2 aromatic carbocycles. The van der Waals surface area contributed by atoms with Crippen LogP contribution >= 0.6 is 11.6 Å². The quantitative estimate of drug-likeness (QED) is 0.739. The van der Waals surface area contributed by atoms with Crippen LogP contribution in [0, 0.1) is 13.8 Å². The van der Waals surface area contributed by atoms with Crippen molar-refractivity contribution in [3.05, 3.63) is 52.0 Å². The molecule has 0 unspecified atom stereocenters. The van der Waals surface area contributed by atoms with E-state index in [1.54, 1.807) is 7.11 Å². The van der Waals surface area contributed by atoms with Crippen molar-refractivity contribution in [2.24, 2.45) is 0 Å². The van der Waals surface area contributed by atoms with Crippen LogP contribution in [0.1, 0.15) is 30.0 Å². The first-order valence-corrected chi connectivity index (χ1v) is 8.23. The minimum Gasteiger partial charge on any atom is -0.493 e. The maximum atomic E-state index is 6.35. The second kappa shape index (κ2) is 8.11. The minimum absolute atomic E-state index is 0.579. The summed E-state index contributed by atoms with van der Waals surface area (Å²) >= 11 is 6.35. The van der Waals surface area contributed by atoms with Crippen molar-refractivity contribution >= 4 is 17.3 Å². The summed E-state index contributed by atoms with van der Waals surface area (Å²) in [4.78, 5) is 0. The fourth-order valence-corrected chi connectivity index (χ4v) is 2.72. The Morgan fingerprint density at radius 3 is 2.57 bits per heavy atom. The van der Waals surface area contributed by atoms with Gasteiger partial charge in [0.05, 0.1) is 18.7 Å². The maximum absolute atomic E-state index is 6.35. The molecule has 2 rings (SSSR count). The van der Waals surface area contributed by atoms with Crippen LogP contribution in [0.5, 0.6) is 11.5 Å². The lowest BCUT2D eigenvalue weighted by atomic mass is 10.1. The van der Waals surface area contributed by atoms with Gasteiger partial charge in [-0.15, -0.1) is 0 Å². The highest BCUT2D eigenvalue weighted by molar-refractivity contribution is 6.32. The molecule has 0 aliphatic carbocycles. The zero-order chi connectivity index (χ0) is 16.8. The second-order valence-corrected chi connectivity index (χ2v) is 6.04. The topological polar surface area (TPSA) is 30.5 Å². The van der Waals surface area contributed by atoms with Gasteiger partial charge in [0.25, 0.3) is 0 Å². The number of methoxy groups -OCH3 is 1. The molecule has 0 saturated carbocycles. The van der Waals surface area contributed by atoms with E-state index in [0.717, 1.165) is 17.7 Å². The monoisotopic (exact) mass is 333 g/mol. The molecule has 124 valence electrons. The fourth-order valence-electron chi connectivity index (χ4n) is 2.43. The Kier molecular flexibility index (Phi) is 6.17. The highest BCUT2D eigenvalue weighted by Gasteiger charge is 2.12. The third-order valence-corrected chi connectivity index (χ3v) is 3.89. The molecular weight excluding hydrogens is 310 g/mol. The van der Waals surface area contributed by atoms with Crippen molar-refractivity contribution in [2.45, 2.75) is 33.7 Å². The standard InChI is InChI=1S/C19H24ClNO2/c1-5-8-23-19-16(20)10-15(11-18(19)22-4)12-21-17-7-6-13(2)9-14(17)3/h6-7,9-11,21H,5,8,12H2,1-4H3. The van der Waals surface area contributed by atoms with Gasteiger partial charge in [0.2, 0.25) is 0 Å². The second-order valence-electron chi connectivity index (χ2n) is 5.63. The van der Waals surface area contributed by atoms with Gasteiger partial charge in [-0.1, -0.05) is 36.2 Å². The number of halogens is 1. The van der Waals surface area contributed by atoms with E-state index in [4.69, 9.17) is 21.1 Å². The molecule has 3 nitrogen and oxygen atoms in total. The first-order chi connectivity index (χ1) is 11.0. The summed E-state index contributed by atoms with van der Waals surface area (Å²) in [6, 6.07) is 10.3. The Morgan fingerprint density at radius 2 is 1.91 bits per heavy atom. The maximum Gasteiger partial charge on any atom is 0.179 e. The van der Waals surface area contributed by atoms with E-state index >= 15 is 0 Å². The molecule has 0 atom stereocenters. The van der Waals surface area contributed by atoms with Gasteiger partial charge in [-0.25, -0.2) is 0 Å². The van der Waals surface area contributed by atoms with Crippen LogP contribution in [0.15, 0.2) is 30.3 Å². The number of aryl methyl sites for hydroxylation is 2. The van der Waals surface area contributed by atoms with Crippen molar-refractivity contribution in [1.82, 2.24) is 0 Å². The average Bonchev–Trinajstić information content (AvgIpc) is 2.52. The highest BCUT2D eigenvalue weighted by Crippen LogP contribution is 2.36. The molecule has 0 radical (unpaired) electrons. The Hall–Kier alpha value is -1.87. The number of ether oxygens (including phenoxy) is 2. The van der Waals surface area contributed by atoms with E-state index in [1.807, 2.05) is 12.1 Å². The van der Waals surface area contributed by atoms with Crippen LogP contribution in [0.2, 0.25) is 5.02 Å². The average molecular weight is 334 g/mol. The van der Waals surface area contributed by atoms with E-state index < -0.39 is 0 Å². The van der Waals surface area contributed by atoms with Crippen LogP contribution in [0.4, 0.5) is 5.69 Å². The smallest absolute Gasteiger partial charge is 0.179 e. The molecule has 0 fully saturated rings. The normalized spacial score (nSPS) is 10.5. The highest BCUT2D eigenvalue weighted by atomic mass is 35.5. The lowest BCUT2D eigenvalue weighted by Gasteiger charge is -2.15. The van der Waals surface area contributed by atoms with Gasteiger partial charge < -0.3 is 14.8 Å². The van der Waals surface area contributed by atoms with E-state index in [2.05, 4.69) is 44.3 Å². The zero-order valence-corrected chi connectivity index (χ0v) is 15.0. The van der Waals surface area contributed by atoms with Crippen LogP contribution in [-0.2, 0) is 6.54 Å². The van der Waals surface area contributed by atoms with Gasteiger partial charge in [0.1, 0.15) is 0 Å². The van der Waals surface area contributed by atoms with Gasteiger partial charge >= 0.3 is 0 Å². The summed E-state index contributed by atoms with van der Waals surface area (Å²) < 4.78 is 11.1.